The summed E-state index contributed by atoms with van der Waals surface area (Å²) in [4.78, 5) is 0. The Hall–Kier alpha value is -0.940. The van der Waals surface area contributed by atoms with Gasteiger partial charge in [-0.05, 0) is 32.2 Å². The lowest BCUT2D eigenvalue weighted by atomic mass is 10.1. The molecule has 0 spiro atoms. The van der Waals surface area contributed by atoms with E-state index in [2.05, 4.69) is 26.0 Å². The maximum Gasteiger partial charge on any atom is 0.387 e. The van der Waals surface area contributed by atoms with E-state index in [0.29, 0.717) is 5.56 Å². The van der Waals surface area contributed by atoms with Crippen molar-refractivity contribution in [2.45, 2.75) is 19.6 Å². The van der Waals surface area contributed by atoms with E-state index in [1.54, 1.807) is 18.2 Å². The summed E-state index contributed by atoms with van der Waals surface area (Å²) in [5, 5.41) is 3.02. The minimum Gasteiger partial charge on any atom is -0.434 e. The van der Waals surface area contributed by atoms with Crippen LogP contribution in [0.15, 0.2) is 28.7 Å². The molecule has 1 atom stereocenters. The molecule has 1 N–H and O–H groups in total. The highest BCUT2D eigenvalue weighted by Gasteiger charge is 2.08. The highest BCUT2D eigenvalue weighted by molar-refractivity contribution is 9.10. The summed E-state index contributed by atoms with van der Waals surface area (Å²) in [5.41, 5.74) is 0.613. The maximum atomic E-state index is 12.2. The SMILES string of the molecule is CNC(C)/C=C/c1cc(Br)ccc1OC(F)F. The molecule has 1 aromatic rings. The molecule has 0 radical (unpaired) electrons. The predicted octanol–water partition coefficient (Wildman–Crippen LogP) is 3.67. The number of hydrogen-bond acceptors (Lipinski definition) is 2. The topological polar surface area (TPSA) is 21.3 Å². The second-order valence-corrected chi connectivity index (χ2v) is 4.41. The van der Waals surface area contributed by atoms with Crippen LogP contribution in [0.4, 0.5) is 8.78 Å². The molecule has 0 saturated heterocycles. The first-order valence-corrected chi connectivity index (χ1v) is 5.92. The van der Waals surface area contributed by atoms with Crippen LogP contribution in [0.25, 0.3) is 6.08 Å². The van der Waals surface area contributed by atoms with Crippen LogP contribution >= 0.6 is 15.9 Å². The van der Waals surface area contributed by atoms with Crippen LogP contribution in [-0.2, 0) is 0 Å². The first-order chi connectivity index (χ1) is 8.02. The Labute approximate surface area is 108 Å². The monoisotopic (exact) mass is 305 g/mol. The van der Waals surface area contributed by atoms with Crippen molar-refractivity contribution in [1.29, 1.82) is 0 Å². The number of hydrogen-bond donors (Lipinski definition) is 1. The Morgan fingerprint density at radius 3 is 2.71 bits per heavy atom. The van der Waals surface area contributed by atoms with Crippen LogP contribution in [0.5, 0.6) is 5.75 Å². The molecule has 17 heavy (non-hydrogen) atoms. The van der Waals surface area contributed by atoms with Crippen molar-refractivity contribution in [3.05, 3.63) is 34.3 Å². The van der Waals surface area contributed by atoms with Crippen LogP contribution in [0.3, 0.4) is 0 Å². The molecule has 1 rings (SSSR count). The molecule has 1 unspecified atom stereocenters. The third-order valence-electron chi connectivity index (χ3n) is 2.21. The number of alkyl halides is 2. The van der Waals surface area contributed by atoms with E-state index in [9.17, 15) is 8.78 Å². The van der Waals surface area contributed by atoms with Crippen molar-refractivity contribution in [2.75, 3.05) is 7.05 Å². The van der Waals surface area contributed by atoms with E-state index in [0.717, 1.165) is 4.47 Å². The molecule has 0 saturated carbocycles. The average Bonchev–Trinajstić information content (AvgIpc) is 2.28. The number of nitrogens with one attached hydrogen (secondary N) is 1. The third kappa shape index (κ3) is 4.83. The third-order valence-corrected chi connectivity index (χ3v) is 2.70. The summed E-state index contributed by atoms with van der Waals surface area (Å²) in [6.45, 7) is -0.854. The normalized spacial score (nSPS) is 13.3. The lowest BCUT2D eigenvalue weighted by molar-refractivity contribution is -0.0499. The molecule has 2 nitrogen and oxygen atoms in total. The lowest BCUT2D eigenvalue weighted by Gasteiger charge is -2.09. The molecular formula is C12H14BrF2NO. The van der Waals surface area contributed by atoms with Crippen molar-refractivity contribution in [2.24, 2.45) is 0 Å². The van der Waals surface area contributed by atoms with Crippen molar-refractivity contribution in [1.82, 2.24) is 5.32 Å². The molecule has 0 aliphatic heterocycles. The summed E-state index contributed by atoms with van der Waals surface area (Å²) in [5.74, 6) is 0.169. The molecule has 0 aliphatic rings. The van der Waals surface area contributed by atoms with Crippen molar-refractivity contribution in [3.63, 3.8) is 0 Å². The predicted molar refractivity (Wildman–Crippen MR) is 68.3 cm³/mol. The van der Waals surface area contributed by atoms with Gasteiger partial charge in [0.05, 0.1) is 0 Å². The molecule has 0 bridgehead atoms. The number of benzene rings is 1. The fourth-order valence-electron chi connectivity index (χ4n) is 1.20. The van der Waals surface area contributed by atoms with E-state index in [1.165, 1.54) is 6.07 Å². The van der Waals surface area contributed by atoms with Gasteiger partial charge in [-0.25, -0.2) is 0 Å². The molecule has 0 aromatic heterocycles. The Morgan fingerprint density at radius 1 is 1.41 bits per heavy atom. The molecule has 0 aliphatic carbocycles. The summed E-state index contributed by atoms with van der Waals surface area (Å²) < 4.78 is 29.6. The van der Waals surface area contributed by atoms with Gasteiger partial charge in [0.25, 0.3) is 0 Å². The van der Waals surface area contributed by atoms with Gasteiger partial charge in [0, 0.05) is 16.1 Å². The van der Waals surface area contributed by atoms with Gasteiger partial charge >= 0.3 is 6.61 Å². The minimum absolute atomic E-state index is 0.161. The second kappa shape index (κ2) is 6.71. The van der Waals surface area contributed by atoms with E-state index >= 15 is 0 Å². The van der Waals surface area contributed by atoms with Gasteiger partial charge in [0.1, 0.15) is 5.75 Å². The van der Waals surface area contributed by atoms with Gasteiger partial charge in [-0.1, -0.05) is 28.1 Å². The van der Waals surface area contributed by atoms with E-state index in [4.69, 9.17) is 0 Å². The van der Waals surface area contributed by atoms with E-state index in [-0.39, 0.29) is 11.8 Å². The Morgan fingerprint density at radius 2 is 2.12 bits per heavy atom. The van der Waals surface area contributed by atoms with Crippen LogP contribution in [0, 0.1) is 0 Å². The van der Waals surface area contributed by atoms with Crippen LogP contribution in [-0.4, -0.2) is 19.7 Å². The average molecular weight is 306 g/mol. The molecule has 0 heterocycles. The molecule has 0 fully saturated rings. The maximum absolute atomic E-state index is 12.2. The van der Waals surface area contributed by atoms with Crippen molar-refractivity contribution >= 4 is 22.0 Å². The fraction of sp³-hybridized carbons (Fsp3) is 0.333. The van der Waals surface area contributed by atoms with Gasteiger partial charge in [-0.2, -0.15) is 8.78 Å². The minimum atomic E-state index is -2.81. The van der Waals surface area contributed by atoms with Crippen LogP contribution in [0.1, 0.15) is 12.5 Å². The van der Waals surface area contributed by atoms with Gasteiger partial charge in [0.15, 0.2) is 0 Å². The van der Waals surface area contributed by atoms with Crippen LogP contribution in [0.2, 0.25) is 0 Å². The standard InChI is InChI=1S/C12H14BrF2NO/c1-8(16-2)3-4-9-7-10(13)5-6-11(9)17-12(14)15/h3-8,12,16H,1-2H3/b4-3+. The fourth-order valence-corrected chi connectivity index (χ4v) is 1.58. The summed E-state index contributed by atoms with van der Waals surface area (Å²) in [6.07, 6.45) is 3.63. The Kier molecular flexibility index (Phi) is 5.58. The smallest absolute Gasteiger partial charge is 0.387 e. The zero-order chi connectivity index (χ0) is 12.8. The van der Waals surface area contributed by atoms with Crippen molar-refractivity contribution in [3.8, 4) is 5.75 Å². The second-order valence-electron chi connectivity index (χ2n) is 3.50. The largest absolute Gasteiger partial charge is 0.434 e. The molecule has 5 heteroatoms. The number of likely N-dealkylation sites (N-methyl/N-ethyl adjacent to an activating group) is 1. The molecule has 1 aromatic carbocycles. The first kappa shape index (κ1) is 14.1. The summed E-state index contributed by atoms with van der Waals surface area (Å²) >= 11 is 3.29. The van der Waals surface area contributed by atoms with E-state index in [1.807, 2.05) is 20.0 Å². The Balaban J connectivity index is 2.94. The lowest BCUT2D eigenvalue weighted by Crippen LogP contribution is -2.17. The first-order valence-electron chi connectivity index (χ1n) is 5.12. The van der Waals surface area contributed by atoms with Gasteiger partial charge in [0.2, 0.25) is 0 Å². The number of halogens is 3. The number of rotatable bonds is 5. The van der Waals surface area contributed by atoms with E-state index < -0.39 is 6.61 Å². The molecule has 0 amide bonds. The van der Waals surface area contributed by atoms with Crippen molar-refractivity contribution < 1.29 is 13.5 Å². The highest BCUT2D eigenvalue weighted by atomic mass is 79.9. The van der Waals surface area contributed by atoms with Gasteiger partial charge in [-0.15, -0.1) is 0 Å². The highest BCUT2D eigenvalue weighted by Crippen LogP contribution is 2.26. The zero-order valence-electron chi connectivity index (χ0n) is 9.58. The van der Waals surface area contributed by atoms with Gasteiger partial charge in [-0.3, -0.25) is 0 Å². The summed E-state index contributed by atoms with van der Waals surface area (Å²) in [6, 6.07) is 5.07. The van der Waals surface area contributed by atoms with Gasteiger partial charge < -0.3 is 10.1 Å². The molecular weight excluding hydrogens is 292 g/mol. The zero-order valence-corrected chi connectivity index (χ0v) is 11.2. The summed E-state index contributed by atoms with van der Waals surface area (Å²) in [7, 11) is 1.83. The molecule has 94 valence electrons. The van der Waals surface area contributed by atoms with Crippen LogP contribution < -0.4 is 10.1 Å². The quantitative estimate of drug-likeness (QED) is 0.896. The Bertz CT molecular complexity index is 396. The number of ether oxygens (including phenoxy) is 1.